The quantitative estimate of drug-likeness (QED) is 0.737. The van der Waals surface area contributed by atoms with Crippen LogP contribution in [0, 0.1) is 11.7 Å². The predicted octanol–water partition coefficient (Wildman–Crippen LogP) is 2.53. The lowest BCUT2D eigenvalue weighted by Gasteiger charge is -2.15. The van der Waals surface area contributed by atoms with Crippen molar-refractivity contribution in [1.29, 1.82) is 0 Å². The van der Waals surface area contributed by atoms with E-state index in [1.165, 1.54) is 32.2 Å². The van der Waals surface area contributed by atoms with Gasteiger partial charge in [0, 0.05) is 12.1 Å². The SMILES string of the molecule is COc1ccccc1CNC(=O)C(C)CS(=O)(=O)Nc1cccc(F)c1. The first-order valence-electron chi connectivity index (χ1n) is 7.96. The van der Waals surface area contributed by atoms with Crippen molar-refractivity contribution in [3.8, 4) is 5.75 Å². The molecule has 2 aromatic rings. The Morgan fingerprint density at radius 1 is 1.19 bits per heavy atom. The number of carbonyl (C=O) groups excluding carboxylic acids is 1. The maximum atomic E-state index is 13.1. The van der Waals surface area contributed by atoms with E-state index in [1.54, 1.807) is 6.07 Å². The van der Waals surface area contributed by atoms with Crippen LogP contribution in [0.2, 0.25) is 0 Å². The monoisotopic (exact) mass is 380 g/mol. The van der Waals surface area contributed by atoms with E-state index in [-0.39, 0.29) is 12.2 Å². The zero-order valence-corrected chi connectivity index (χ0v) is 15.3. The first-order valence-corrected chi connectivity index (χ1v) is 9.61. The van der Waals surface area contributed by atoms with Crippen LogP contribution in [0.25, 0.3) is 0 Å². The Morgan fingerprint density at radius 3 is 2.62 bits per heavy atom. The Bertz CT molecular complexity index is 871. The van der Waals surface area contributed by atoms with Crippen molar-refractivity contribution in [2.75, 3.05) is 17.6 Å². The van der Waals surface area contributed by atoms with Gasteiger partial charge in [0.2, 0.25) is 15.9 Å². The van der Waals surface area contributed by atoms with E-state index in [0.717, 1.165) is 11.6 Å². The normalized spacial score (nSPS) is 12.3. The zero-order valence-electron chi connectivity index (χ0n) is 14.5. The molecule has 1 atom stereocenters. The minimum absolute atomic E-state index is 0.117. The van der Waals surface area contributed by atoms with Crippen molar-refractivity contribution in [2.45, 2.75) is 13.5 Å². The molecule has 0 heterocycles. The summed E-state index contributed by atoms with van der Waals surface area (Å²) in [5.74, 6) is -1.51. The van der Waals surface area contributed by atoms with E-state index in [1.807, 2.05) is 18.2 Å². The summed E-state index contributed by atoms with van der Waals surface area (Å²) in [4.78, 5) is 12.2. The van der Waals surface area contributed by atoms with Gasteiger partial charge in [-0.2, -0.15) is 0 Å². The molecule has 0 saturated heterocycles. The van der Waals surface area contributed by atoms with Gasteiger partial charge in [0.25, 0.3) is 0 Å². The van der Waals surface area contributed by atoms with E-state index in [4.69, 9.17) is 4.74 Å². The molecule has 1 unspecified atom stereocenters. The second-order valence-corrected chi connectivity index (χ2v) is 7.59. The fourth-order valence-corrected chi connectivity index (χ4v) is 3.76. The first-order chi connectivity index (χ1) is 12.3. The van der Waals surface area contributed by atoms with E-state index in [2.05, 4.69) is 10.0 Å². The molecule has 0 radical (unpaired) electrons. The third kappa shape index (κ3) is 5.73. The lowest BCUT2D eigenvalue weighted by Crippen LogP contribution is -2.34. The lowest BCUT2D eigenvalue weighted by atomic mass is 10.1. The van der Waals surface area contributed by atoms with Crippen LogP contribution in [0.5, 0.6) is 5.75 Å². The van der Waals surface area contributed by atoms with Crippen molar-refractivity contribution >= 4 is 21.6 Å². The van der Waals surface area contributed by atoms with E-state index in [0.29, 0.717) is 5.75 Å². The molecule has 6 nitrogen and oxygen atoms in total. The summed E-state index contributed by atoms with van der Waals surface area (Å²) in [7, 11) is -2.26. The minimum atomic E-state index is -3.79. The molecular weight excluding hydrogens is 359 g/mol. The third-order valence-corrected chi connectivity index (χ3v) is 5.15. The number of hydrogen-bond donors (Lipinski definition) is 2. The molecule has 140 valence electrons. The summed E-state index contributed by atoms with van der Waals surface area (Å²) in [6.45, 7) is 1.74. The number of amides is 1. The predicted molar refractivity (Wildman–Crippen MR) is 97.8 cm³/mol. The fourth-order valence-electron chi connectivity index (χ4n) is 2.38. The molecule has 26 heavy (non-hydrogen) atoms. The van der Waals surface area contributed by atoms with Gasteiger partial charge in [-0.25, -0.2) is 12.8 Å². The highest BCUT2D eigenvalue weighted by atomic mass is 32.2. The Labute approximate surface area is 152 Å². The molecule has 0 fully saturated rings. The maximum Gasteiger partial charge on any atom is 0.233 e. The molecule has 1 amide bonds. The molecule has 2 aromatic carbocycles. The third-order valence-electron chi connectivity index (χ3n) is 3.66. The van der Waals surface area contributed by atoms with Gasteiger partial charge in [0.05, 0.1) is 24.5 Å². The van der Waals surface area contributed by atoms with Crippen LogP contribution in [-0.4, -0.2) is 27.2 Å². The summed E-state index contributed by atoms with van der Waals surface area (Å²) in [6, 6.07) is 12.3. The van der Waals surface area contributed by atoms with Gasteiger partial charge in [0.1, 0.15) is 11.6 Å². The van der Waals surface area contributed by atoms with Gasteiger partial charge in [-0.3, -0.25) is 9.52 Å². The summed E-state index contributed by atoms with van der Waals surface area (Å²) < 4.78 is 45.0. The van der Waals surface area contributed by atoms with Crippen molar-refractivity contribution in [3.05, 3.63) is 59.9 Å². The maximum absolute atomic E-state index is 13.1. The van der Waals surface area contributed by atoms with E-state index < -0.39 is 33.4 Å². The van der Waals surface area contributed by atoms with E-state index >= 15 is 0 Å². The number of halogens is 1. The molecule has 8 heteroatoms. The first kappa shape index (κ1) is 19.7. The summed E-state index contributed by atoms with van der Waals surface area (Å²) >= 11 is 0. The smallest absolute Gasteiger partial charge is 0.233 e. The summed E-state index contributed by atoms with van der Waals surface area (Å²) in [6.07, 6.45) is 0. The van der Waals surface area contributed by atoms with Crippen LogP contribution in [0.3, 0.4) is 0 Å². The van der Waals surface area contributed by atoms with Gasteiger partial charge >= 0.3 is 0 Å². The van der Waals surface area contributed by atoms with Crippen LogP contribution in [-0.2, 0) is 21.4 Å². The number of hydrogen-bond acceptors (Lipinski definition) is 4. The number of sulfonamides is 1. The number of ether oxygens (including phenoxy) is 1. The molecule has 0 aromatic heterocycles. The van der Waals surface area contributed by atoms with E-state index in [9.17, 15) is 17.6 Å². The molecule has 2 N–H and O–H groups in total. The number of benzene rings is 2. The number of anilines is 1. The van der Waals surface area contributed by atoms with Gasteiger partial charge < -0.3 is 10.1 Å². The standard InChI is InChI=1S/C18H21FN2O4S/c1-13(12-26(23,24)21-16-8-5-7-15(19)10-16)18(22)20-11-14-6-3-4-9-17(14)25-2/h3-10,13,21H,11-12H2,1-2H3,(H,20,22). The van der Waals surface area contributed by atoms with Crippen molar-refractivity contribution < 1.29 is 22.3 Å². The minimum Gasteiger partial charge on any atom is -0.496 e. The Kier molecular flexibility index (Phi) is 6.57. The average molecular weight is 380 g/mol. The van der Waals surface area contributed by atoms with Gasteiger partial charge in [-0.15, -0.1) is 0 Å². The number of carbonyl (C=O) groups is 1. The molecule has 0 aliphatic heterocycles. The van der Waals surface area contributed by atoms with Crippen molar-refractivity contribution in [1.82, 2.24) is 5.32 Å². The van der Waals surface area contributed by atoms with Crippen LogP contribution in [0.15, 0.2) is 48.5 Å². The molecule has 0 saturated carbocycles. The van der Waals surface area contributed by atoms with Crippen molar-refractivity contribution in [2.24, 2.45) is 5.92 Å². The highest BCUT2D eigenvalue weighted by Gasteiger charge is 2.22. The molecule has 0 bridgehead atoms. The van der Waals surface area contributed by atoms with Gasteiger partial charge in [-0.05, 0) is 24.3 Å². The summed E-state index contributed by atoms with van der Waals surface area (Å²) in [5.41, 5.74) is 0.905. The zero-order chi connectivity index (χ0) is 19.2. The van der Waals surface area contributed by atoms with Crippen LogP contribution in [0.1, 0.15) is 12.5 Å². The Balaban J connectivity index is 1.93. The summed E-state index contributed by atoms with van der Waals surface area (Å²) in [5, 5.41) is 2.70. The van der Waals surface area contributed by atoms with Crippen molar-refractivity contribution in [3.63, 3.8) is 0 Å². The largest absolute Gasteiger partial charge is 0.496 e. The van der Waals surface area contributed by atoms with Crippen LogP contribution in [0.4, 0.5) is 10.1 Å². The number of methoxy groups -OCH3 is 1. The number of para-hydroxylation sites is 1. The molecule has 0 aliphatic carbocycles. The average Bonchev–Trinajstić information content (AvgIpc) is 2.58. The number of rotatable bonds is 8. The highest BCUT2D eigenvalue weighted by Crippen LogP contribution is 2.17. The molecule has 0 spiro atoms. The topological polar surface area (TPSA) is 84.5 Å². The Morgan fingerprint density at radius 2 is 1.92 bits per heavy atom. The van der Waals surface area contributed by atoms with Crippen LogP contribution < -0.4 is 14.8 Å². The fraction of sp³-hybridized carbons (Fsp3) is 0.278. The second kappa shape index (κ2) is 8.66. The lowest BCUT2D eigenvalue weighted by molar-refractivity contribution is -0.124. The van der Waals surface area contributed by atoms with Gasteiger partial charge in [0.15, 0.2) is 0 Å². The number of nitrogens with one attached hydrogen (secondary N) is 2. The van der Waals surface area contributed by atoms with Gasteiger partial charge in [-0.1, -0.05) is 31.2 Å². The second-order valence-electron chi connectivity index (χ2n) is 5.82. The van der Waals surface area contributed by atoms with Crippen LogP contribution >= 0.6 is 0 Å². The Hall–Kier alpha value is -2.61. The highest BCUT2D eigenvalue weighted by molar-refractivity contribution is 7.92. The molecule has 2 rings (SSSR count). The molecular formula is C18H21FN2O4S. The molecule has 0 aliphatic rings.